The van der Waals surface area contributed by atoms with E-state index >= 15 is 0 Å². The minimum Gasteiger partial charge on any atom is -0.352 e. The molecule has 0 radical (unpaired) electrons. The van der Waals surface area contributed by atoms with Crippen molar-refractivity contribution in [3.8, 4) is 0 Å². The summed E-state index contributed by atoms with van der Waals surface area (Å²) >= 11 is 0. The Labute approximate surface area is 228 Å². The van der Waals surface area contributed by atoms with Gasteiger partial charge in [0.05, 0.1) is 11.0 Å². The molecule has 0 bridgehead atoms. The van der Waals surface area contributed by atoms with E-state index in [2.05, 4.69) is 56.3 Å². The van der Waals surface area contributed by atoms with Gasteiger partial charge in [0, 0.05) is 29.3 Å². The molecular weight excluding hydrogens is 472 g/mol. The number of carbonyl (C=O) groups excluding carboxylic acids is 2. The Bertz CT molecular complexity index is 1170. The van der Waals surface area contributed by atoms with Crippen molar-refractivity contribution >= 4 is 34.1 Å². The average Bonchev–Trinajstić information content (AvgIpc) is 3.16. The standard InChI is InChI=1S/C27H34N4O2.C5H12/c1-17(2)16-28-26(32)20-9-6-8-19(11-12-20)25-30-23-14-13-21(15-24(23)31-25)29-27(33)22-10-5-4-7-18(22)3;1-3-5-4-2/h8-9,11-15,17-18,22H,4-7,10,16H2,1-3H3,(H,28,32)(H,29,33)(H,30,31);3-5H2,1-2H3. The zero-order valence-corrected chi connectivity index (χ0v) is 23.9. The molecule has 38 heavy (non-hydrogen) atoms. The quantitative estimate of drug-likeness (QED) is 0.337. The Morgan fingerprint density at radius 1 is 1.08 bits per heavy atom. The number of unbranched alkanes of at least 4 members (excludes halogenated alkanes) is 2. The highest BCUT2D eigenvalue weighted by atomic mass is 16.2. The molecule has 2 aliphatic rings. The van der Waals surface area contributed by atoms with E-state index in [0.717, 1.165) is 47.4 Å². The highest BCUT2D eigenvalue weighted by Gasteiger charge is 2.27. The largest absolute Gasteiger partial charge is 0.352 e. The molecule has 4 rings (SSSR count). The number of hydrogen-bond acceptors (Lipinski definition) is 3. The number of carbonyl (C=O) groups is 2. The van der Waals surface area contributed by atoms with E-state index in [4.69, 9.17) is 4.98 Å². The molecule has 6 nitrogen and oxygen atoms in total. The molecule has 1 aromatic heterocycles. The van der Waals surface area contributed by atoms with E-state index in [-0.39, 0.29) is 17.7 Å². The Morgan fingerprint density at radius 3 is 2.53 bits per heavy atom. The lowest BCUT2D eigenvalue weighted by Gasteiger charge is -2.27. The Hall–Kier alpha value is -3.15. The fourth-order valence-electron chi connectivity index (χ4n) is 4.89. The van der Waals surface area contributed by atoms with Crippen LogP contribution in [0.15, 0.2) is 48.1 Å². The number of aromatic nitrogens is 2. The number of allylic oxidation sites excluding steroid dienone is 4. The van der Waals surface area contributed by atoms with Crippen molar-refractivity contribution in [2.75, 3.05) is 11.9 Å². The van der Waals surface area contributed by atoms with E-state index in [0.29, 0.717) is 30.4 Å². The number of fused-ring (bicyclic) bond motifs is 1. The van der Waals surface area contributed by atoms with Crippen LogP contribution in [0.25, 0.3) is 16.6 Å². The molecule has 206 valence electrons. The first-order valence-corrected chi connectivity index (χ1v) is 14.5. The van der Waals surface area contributed by atoms with Crippen LogP contribution in [-0.4, -0.2) is 28.3 Å². The van der Waals surface area contributed by atoms with Crippen LogP contribution in [0, 0.1) is 17.8 Å². The first-order chi connectivity index (χ1) is 18.3. The Morgan fingerprint density at radius 2 is 1.84 bits per heavy atom. The fourth-order valence-corrected chi connectivity index (χ4v) is 4.89. The molecule has 3 N–H and O–H groups in total. The maximum atomic E-state index is 12.8. The molecule has 0 spiro atoms. The number of nitrogens with one attached hydrogen (secondary N) is 3. The summed E-state index contributed by atoms with van der Waals surface area (Å²) in [5.41, 5.74) is 4.11. The number of benzene rings is 1. The summed E-state index contributed by atoms with van der Waals surface area (Å²) < 4.78 is 0. The van der Waals surface area contributed by atoms with Gasteiger partial charge in [-0.05, 0) is 55.4 Å². The minimum atomic E-state index is -0.0492. The molecule has 0 aliphatic heterocycles. The van der Waals surface area contributed by atoms with E-state index in [9.17, 15) is 9.59 Å². The predicted octanol–water partition coefficient (Wildman–Crippen LogP) is 7.57. The van der Waals surface area contributed by atoms with Gasteiger partial charge in [-0.1, -0.05) is 85.0 Å². The molecule has 1 saturated carbocycles. The first-order valence-electron chi connectivity index (χ1n) is 14.5. The highest BCUT2D eigenvalue weighted by molar-refractivity contribution is 5.97. The third-order valence-corrected chi connectivity index (χ3v) is 7.23. The average molecular weight is 519 g/mol. The van der Waals surface area contributed by atoms with Crippen LogP contribution in [0.1, 0.15) is 91.8 Å². The lowest BCUT2D eigenvalue weighted by atomic mass is 9.80. The van der Waals surface area contributed by atoms with Gasteiger partial charge in [-0.2, -0.15) is 0 Å². The van der Waals surface area contributed by atoms with Gasteiger partial charge in [-0.15, -0.1) is 0 Å². The molecule has 2 amide bonds. The van der Waals surface area contributed by atoms with Crippen molar-refractivity contribution in [2.24, 2.45) is 17.8 Å². The maximum absolute atomic E-state index is 12.8. The number of nitrogens with zero attached hydrogens (tertiary/aromatic N) is 1. The summed E-state index contributed by atoms with van der Waals surface area (Å²) in [6.07, 6.45) is 16.9. The van der Waals surface area contributed by atoms with Gasteiger partial charge in [0.2, 0.25) is 5.91 Å². The molecular formula is C32H46N4O2. The predicted molar refractivity (Wildman–Crippen MR) is 159 cm³/mol. The summed E-state index contributed by atoms with van der Waals surface area (Å²) in [6.45, 7) is 11.4. The molecule has 2 aliphatic carbocycles. The van der Waals surface area contributed by atoms with Crippen molar-refractivity contribution in [3.63, 3.8) is 0 Å². The van der Waals surface area contributed by atoms with E-state index in [1.54, 1.807) is 0 Å². The van der Waals surface area contributed by atoms with Crippen molar-refractivity contribution in [3.05, 3.63) is 53.9 Å². The van der Waals surface area contributed by atoms with Gasteiger partial charge >= 0.3 is 0 Å². The van der Waals surface area contributed by atoms with Crippen LogP contribution >= 0.6 is 0 Å². The smallest absolute Gasteiger partial charge is 0.250 e. The fraction of sp³-hybridized carbons (Fsp3) is 0.531. The maximum Gasteiger partial charge on any atom is 0.250 e. The number of H-pyrrole nitrogens is 1. The van der Waals surface area contributed by atoms with Gasteiger partial charge < -0.3 is 15.6 Å². The van der Waals surface area contributed by atoms with Crippen molar-refractivity contribution in [2.45, 2.75) is 86.0 Å². The SMILES string of the molecule is CC(C)CNC(=O)C1=CCC=C(c2nc3ccc(NC(=O)C4CCCCC4C)cc3[nH]2)C=C1.CCCCC. The molecule has 2 unspecified atom stereocenters. The lowest BCUT2D eigenvalue weighted by molar-refractivity contribution is -0.122. The number of anilines is 1. The van der Waals surface area contributed by atoms with Gasteiger partial charge in [0.1, 0.15) is 5.82 Å². The number of aromatic amines is 1. The van der Waals surface area contributed by atoms with Gasteiger partial charge in [-0.3, -0.25) is 9.59 Å². The number of amides is 2. The van der Waals surface area contributed by atoms with Gasteiger partial charge in [0.25, 0.3) is 5.91 Å². The zero-order valence-electron chi connectivity index (χ0n) is 23.9. The summed E-state index contributed by atoms with van der Waals surface area (Å²) in [5, 5.41) is 6.07. The molecule has 1 fully saturated rings. The normalized spacial score (nSPS) is 19.2. The summed E-state index contributed by atoms with van der Waals surface area (Å²) in [6, 6.07) is 5.79. The lowest BCUT2D eigenvalue weighted by Crippen LogP contribution is -2.30. The van der Waals surface area contributed by atoms with Crippen molar-refractivity contribution in [1.29, 1.82) is 0 Å². The van der Waals surface area contributed by atoms with Crippen molar-refractivity contribution in [1.82, 2.24) is 15.3 Å². The monoisotopic (exact) mass is 518 g/mol. The third-order valence-electron chi connectivity index (χ3n) is 7.23. The van der Waals surface area contributed by atoms with Crippen LogP contribution in [0.2, 0.25) is 0 Å². The van der Waals surface area contributed by atoms with Crippen LogP contribution in [0.4, 0.5) is 5.69 Å². The minimum absolute atomic E-state index is 0.0492. The van der Waals surface area contributed by atoms with Crippen LogP contribution in [0.3, 0.4) is 0 Å². The second kappa shape index (κ2) is 14.7. The second-order valence-corrected chi connectivity index (χ2v) is 11.0. The molecule has 1 heterocycles. The molecule has 6 heteroatoms. The van der Waals surface area contributed by atoms with Gasteiger partial charge in [0.15, 0.2) is 0 Å². The Kier molecular flexibility index (Phi) is 11.4. The number of imidazole rings is 1. The van der Waals surface area contributed by atoms with Crippen LogP contribution < -0.4 is 10.6 Å². The van der Waals surface area contributed by atoms with Gasteiger partial charge in [-0.25, -0.2) is 4.98 Å². The summed E-state index contributed by atoms with van der Waals surface area (Å²) in [7, 11) is 0. The molecule has 2 aromatic rings. The van der Waals surface area contributed by atoms with Crippen molar-refractivity contribution < 1.29 is 9.59 Å². The van der Waals surface area contributed by atoms with E-state index < -0.39 is 0 Å². The van der Waals surface area contributed by atoms with E-state index in [1.165, 1.54) is 25.7 Å². The topological polar surface area (TPSA) is 86.9 Å². The zero-order chi connectivity index (χ0) is 27.5. The summed E-state index contributed by atoms with van der Waals surface area (Å²) in [5.74, 6) is 1.75. The number of hydrogen-bond donors (Lipinski definition) is 3. The molecule has 1 aromatic carbocycles. The Balaban J connectivity index is 0.000000732. The second-order valence-electron chi connectivity index (χ2n) is 11.0. The number of rotatable bonds is 8. The van der Waals surface area contributed by atoms with Crippen LogP contribution in [0.5, 0.6) is 0 Å². The molecule has 2 atom stereocenters. The first kappa shape index (κ1) is 29.4. The summed E-state index contributed by atoms with van der Waals surface area (Å²) in [4.78, 5) is 33.3. The molecule has 0 saturated heterocycles. The third kappa shape index (κ3) is 8.44. The highest BCUT2D eigenvalue weighted by Crippen LogP contribution is 2.31. The van der Waals surface area contributed by atoms with E-state index in [1.807, 2.05) is 36.4 Å². The van der Waals surface area contributed by atoms with Crippen LogP contribution in [-0.2, 0) is 9.59 Å².